The molecule has 0 aliphatic carbocycles. The van der Waals surface area contributed by atoms with Crippen molar-refractivity contribution in [1.82, 2.24) is 0 Å². The van der Waals surface area contributed by atoms with Crippen molar-refractivity contribution in [2.24, 2.45) is 0 Å². The zero-order valence-electron chi connectivity index (χ0n) is 9.36. The molecule has 5 nitrogen and oxygen atoms in total. The van der Waals surface area contributed by atoms with Crippen molar-refractivity contribution < 1.29 is 17.9 Å². The molecular weight excluding hydrogens is 310 g/mol. The number of anilines is 1. The van der Waals surface area contributed by atoms with Crippen LogP contribution in [0.25, 0.3) is 0 Å². The topological polar surface area (TPSA) is 64.6 Å². The molecule has 1 aliphatic heterocycles. The predicted octanol–water partition coefficient (Wildman–Crippen LogP) is 2.29. The number of ether oxygens (including phenoxy) is 2. The first kappa shape index (κ1) is 12.5. The van der Waals surface area contributed by atoms with Crippen LogP contribution < -0.4 is 14.2 Å². The Morgan fingerprint density at radius 3 is 2.59 bits per heavy atom. The molecule has 0 aromatic heterocycles. The van der Waals surface area contributed by atoms with E-state index in [1.54, 1.807) is 32.0 Å². The maximum atomic E-state index is 11.4. The van der Waals surface area contributed by atoms with E-state index in [9.17, 15) is 8.42 Å². The summed E-state index contributed by atoms with van der Waals surface area (Å²) in [5.74, 6) is 0.427. The SMILES string of the molecule is CC1(C)Oc2ccc(NS(=O)(=O)CBr)cc2O1. The van der Waals surface area contributed by atoms with Gasteiger partial charge in [0.2, 0.25) is 15.8 Å². The fourth-order valence-electron chi connectivity index (χ4n) is 1.49. The molecule has 1 heterocycles. The average molecular weight is 322 g/mol. The van der Waals surface area contributed by atoms with Gasteiger partial charge in [-0.15, -0.1) is 0 Å². The number of alkyl halides is 1. The lowest BCUT2D eigenvalue weighted by molar-refractivity contribution is -0.0431. The van der Waals surface area contributed by atoms with Gasteiger partial charge in [0.25, 0.3) is 0 Å². The van der Waals surface area contributed by atoms with Crippen LogP contribution in [0.2, 0.25) is 0 Å². The molecule has 0 saturated carbocycles. The first-order chi connectivity index (χ1) is 7.81. The van der Waals surface area contributed by atoms with Gasteiger partial charge in [0.1, 0.15) is 4.66 Å². The first-order valence-corrected chi connectivity index (χ1v) is 7.67. The number of hydrogen-bond donors (Lipinski definition) is 1. The van der Waals surface area contributed by atoms with Crippen LogP contribution in [0.1, 0.15) is 13.8 Å². The van der Waals surface area contributed by atoms with E-state index in [0.717, 1.165) is 0 Å². The first-order valence-electron chi connectivity index (χ1n) is 4.90. The molecule has 1 aromatic rings. The van der Waals surface area contributed by atoms with E-state index in [4.69, 9.17) is 9.47 Å². The van der Waals surface area contributed by atoms with E-state index >= 15 is 0 Å². The third-order valence-corrected chi connectivity index (χ3v) is 4.71. The zero-order chi connectivity index (χ0) is 12.7. The normalized spacial score (nSPS) is 16.9. The second kappa shape index (κ2) is 4.06. The number of sulfonamides is 1. The average Bonchev–Trinajstić information content (AvgIpc) is 2.50. The summed E-state index contributed by atoms with van der Waals surface area (Å²) in [4.78, 5) is 0. The van der Waals surface area contributed by atoms with E-state index in [1.165, 1.54) is 0 Å². The molecule has 1 aliphatic rings. The Bertz CT molecular complexity index is 541. The second-order valence-corrected chi connectivity index (χ2v) is 7.12. The largest absolute Gasteiger partial charge is 0.449 e. The number of nitrogens with one attached hydrogen (secondary N) is 1. The lowest BCUT2D eigenvalue weighted by atomic mass is 10.3. The van der Waals surface area contributed by atoms with E-state index < -0.39 is 15.8 Å². The summed E-state index contributed by atoms with van der Waals surface area (Å²) in [5.41, 5.74) is 0.449. The molecule has 1 aromatic carbocycles. The predicted molar refractivity (Wildman–Crippen MR) is 68.1 cm³/mol. The number of benzene rings is 1. The van der Waals surface area contributed by atoms with Crippen LogP contribution in [0.5, 0.6) is 11.5 Å². The summed E-state index contributed by atoms with van der Waals surface area (Å²) >= 11 is 2.90. The van der Waals surface area contributed by atoms with Crippen molar-refractivity contribution in [3.05, 3.63) is 18.2 Å². The summed E-state index contributed by atoms with van der Waals surface area (Å²) in [6.45, 7) is 3.57. The Morgan fingerprint density at radius 1 is 1.29 bits per heavy atom. The van der Waals surface area contributed by atoms with Gasteiger partial charge in [-0.1, -0.05) is 15.9 Å². The van der Waals surface area contributed by atoms with Gasteiger partial charge in [0, 0.05) is 19.9 Å². The molecule has 0 bridgehead atoms. The molecule has 0 atom stereocenters. The van der Waals surface area contributed by atoms with Crippen LogP contribution in [0.15, 0.2) is 18.2 Å². The lowest BCUT2D eigenvalue weighted by Crippen LogP contribution is -2.29. The van der Waals surface area contributed by atoms with Gasteiger partial charge in [-0.3, -0.25) is 4.72 Å². The summed E-state index contributed by atoms with van der Waals surface area (Å²) in [6.07, 6.45) is 0. The van der Waals surface area contributed by atoms with Crippen LogP contribution in [0, 0.1) is 0 Å². The maximum absolute atomic E-state index is 11.4. The third-order valence-electron chi connectivity index (χ3n) is 2.07. The van der Waals surface area contributed by atoms with Crippen molar-refractivity contribution in [1.29, 1.82) is 0 Å². The van der Waals surface area contributed by atoms with Gasteiger partial charge < -0.3 is 9.47 Å². The van der Waals surface area contributed by atoms with Gasteiger partial charge in [0.15, 0.2) is 11.5 Å². The number of halogens is 1. The van der Waals surface area contributed by atoms with Gasteiger partial charge in [-0.2, -0.15) is 0 Å². The molecule has 0 amide bonds. The molecule has 2 rings (SSSR count). The van der Waals surface area contributed by atoms with Crippen LogP contribution >= 0.6 is 15.9 Å². The lowest BCUT2D eigenvalue weighted by Gasteiger charge is -2.16. The third kappa shape index (κ3) is 2.84. The van der Waals surface area contributed by atoms with Gasteiger partial charge in [-0.25, -0.2) is 8.42 Å². The Labute approximate surface area is 108 Å². The van der Waals surface area contributed by atoms with Crippen molar-refractivity contribution in [3.8, 4) is 11.5 Å². The van der Waals surface area contributed by atoms with Gasteiger partial charge >= 0.3 is 0 Å². The van der Waals surface area contributed by atoms with E-state index in [2.05, 4.69) is 20.7 Å². The summed E-state index contributed by atoms with van der Waals surface area (Å²) in [6, 6.07) is 4.91. The van der Waals surface area contributed by atoms with Crippen molar-refractivity contribution in [2.45, 2.75) is 19.6 Å². The molecule has 1 N–H and O–H groups in total. The molecule has 0 unspecified atom stereocenters. The Morgan fingerprint density at radius 2 is 1.94 bits per heavy atom. The monoisotopic (exact) mass is 321 g/mol. The molecule has 0 fully saturated rings. The molecule has 7 heteroatoms. The highest BCUT2D eigenvalue weighted by Crippen LogP contribution is 2.40. The highest BCUT2D eigenvalue weighted by atomic mass is 79.9. The standard InChI is InChI=1S/C10H12BrNO4S/c1-10(2)15-8-4-3-7(5-9(8)16-10)12-17(13,14)6-11/h3-5,12H,6H2,1-2H3. The van der Waals surface area contributed by atoms with Crippen molar-refractivity contribution in [2.75, 3.05) is 9.38 Å². The zero-order valence-corrected chi connectivity index (χ0v) is 11.8. The van der Waals surface area contributed by atoms with E-state index in [1.807, 2.05) is 0 Å². The highest BCUT2D eigenvalue weighted by Gasteiger charge is 2.31. The molecule has 0 radical (unpaired) electrons. The highest BCUT2D eigenvalue weighted by molar-refractivity contribution is 9.10. The minimum Gasteiger partial charge on any atom is -0.449 e. The Balaban J connectivity index is 2.26. The fourth-order valence-corrected chi connectivity index (χ4v) is 2.38. The second-order valence-electron chi connectivity index (χ2n) is 4.09. The minimum atomic E-state index is -3.35. The quantitative estimate of drug-likeness (QED) is 0.867. The minimum absolute atomic E-state index is 0.153. The Kier molecular flexibility index (Phi) is 2.99. The number of fused-ring (bicyclic) bond motifs is 1. The van der Waals surface area contributed by atoms with Crippen LogP contribution in [0.3, 0.4) is 0 Å². The van der Waals surface area contributed by atoms with Crippen molar-refractivity contribution in [3.63, 3.8) is 0 Å². The van der Waals surface area contributed by atoms with Crippen LogP contribution in [-0.4, -0.2) is 18.9 Å². The molecule has 94 valence electrons. The summed E-state index contributed by atoms with van der Waals surface area (Å²) in [5, 5.41) is 0. The Hall–Kier alpha value is -0.950. The van der Waals surface area contributed by atoms with Crippen molar-refractivity contribution >= 4 is 31.6 Å². The molecule has 17 heavy (non-hydrogen) atoms. The van der Waals surface area contributed by atoms with Gasteiger partial charge in [-0.05, 0) is 12.1 Å². The smallest absolute Gasteiger partial charge is 0.246 e. The van der Waals surface area contributed by atoms with E-state index in [-0.39, 0.29) is 4.66 Å². The van der Waals surface area contributed by atoms with Crippen LogP contribution in [-0.2, 0) is 10.0 Å². The summed E-state index contributed by atoms with van der Waals surface area (Å²) in [7, 11) is -3.35. The number of rotatable bonds is 3. The van der Waals surface area contributed by atoms with Gasteiger partial charge in [0.05, 0.1) is 5.69 Å². The summed E-state index contributed by atoms with van der Waals surface area (Å²) < 4.78 is 36.0. The number of hydrogen-bond acceptors (Lipinski definition) is 4. The van der Waals surface area contributed by atoms with Crippen LogP contribution in [0.4, 0.5) is 5.69 Å². The van der Waals surface area contributed by atoms with E-state index in [0.29, 0.717) is 17.2 Å². The molecule has 0 saturated heterocycles. The fraction of sp³-hybridized carbons (Fsp3) is 0.400. The maximum Gasteiger partial charge on any atom is 0.246 e. The molecular formula is C10H12BrNO4S. The molecule has 0 spiro atoms.